The highest BCUT2D eigenvalue weighted by atomic mass is 16.4. The van der Waals surface area contributed by atoms with Crippen LogP contribution in [0.1, 0.15) is 32.2 Å². The second kappa shape index (κ2) is 4.75. The number of carboxylic acid groups (broad SMARTS) is 1. The Morgan fingerprint density at radius 2 is 1.83 bits per heavy atom. The van der Waals surface area contributed by atoms with E-state index in [1.807, 2.05) is 0 Å². The minimum absolute atomic E-state index is 0.000648. The Bertz CT molecular complexity index is 609. The number of aryl methyl sites for hydroxylation is 1. The molecule has 0 atom stereocenters. The van der Waals surface area contributed by atoms with Crippen molar-refractivity contribution in [2.75, 3.05) is 0 Å². The van der Waals surface area contributed by atoms with E-state index in [0.29, 0.717) is 11.4 Å². The lowest BCUT2D eigenvalue weighted by Gasteiger charge is -2.04. The Hall–Kier alpha value is -2.56. The highest BCUT2D eigenvalue weighted by Gasteiger charge is 2.20. The first-order chi connectivity index (χ1) is 8.59. The third-order valence-electron chi connectivity index (χ3n) is 2.39. The molecule has 0 bridgehead atoms. The summed E-state index contributed by atoms with van der Waals surface area (Å²) in [4.78, 5) is 30.9. The number of carbonyl (C=O) groups is 2. The SMILES string of the molecule is Cc1ncc(C(=O)c2ccccc2)c(C(=O)O)n1. The van der Waals surface area contributed by atoms with Crippen molar-refractivity contribution in [2.45, 2.75) is 6.92 Å². The molecule has 1 aromatic heterocycles. The van der Waals surface area contributed by atoms with Gasteiger partial charge in [-0.3, -0.25) is 4.79 Å². The molecule has 0 spiro atoms. The number of hydrogen-bond donors (Lipinski definition) is 1. The predicted molar refractivity (Wildman–Crippen MR) is 63.6 cm³/mol. The molecule has 18 heavy (non-hydrogen) atoms. The summed E-state index contributed by atoms with van der Waals surface area (Å²) in [5.41, 5.74) is 0.142. The van der Waals surface area contributed by atoms with Gasteiger partial charge >= 0.3 is 5.97 Å². The van der Waals surface area contributed by atoms with Crippen LogP contribution in [0.2, 0.25) is 0 Å². The van der Waals surface area contributed by atoms with Gasteiger partial charge in [0.05, 0.1) is 5.56 Å². The Morgan fingerprint density at radius 1 is 1.17 bits per heavy atom. The van der Waals surface area contributed by atoms with Crippen LogP contribution in [0.15, 0.2) is 36.5 Å². The van der Waals surface area contributed by atoms with E-state index in [0.717, 1.165) is 0 Å². The first kappa shape index (κ1) is 11.9. The molecule has 0 amide bonds. The number of aromatic nitrogens is 2. The molecule has 2 rings (SSSR count). The van der Waals surface area contributed by atoms with E-state index < -0.39 is 11.8 Å². The number of rotatable bonds is 3. The number of ketones is 1. The third kappa shape index (κ3) is 2.24. The summed E-state index contributed by atoms with van der Waals surface area (Å²) in [7, 11) is 0. The van der Waals surface area contributed by atoms with Crippen molar-refractivity contribution in [3.05, 3.63) is 59.2 Å². The van der Waals surface area contributed by atoms with E-state index in [1.54, 1.807) is 37.3 Å². The predicted octanol–water partition coefficient (Wildman–Crippen LogP) is 1.71. The van der Waals surface area contributed by atoms with E-state index >= 15 is 0 Å². The molecule has 90 valence electrons. The molecule has 2 aromatic rings. The largest absolute Gasteiger partial charge is 0.476 e. The average molecular weight is 242 g/mol. The monoisotopic (exact) mass is 242 g/mol. The summed E-state index contributed by atoms with van der Waals surface area (Å²) in [6.45, 7) is 1.57. The van der Waals surface area contributed by atoms with Crippen molar-refractivity contribution in [3.63, 3.8) is 0 Å². The number of nitrogens with zero attached hydrogens (tertiary/aromatic N) is 2. The van der Waals surface area contributed by atoms with Gasteiger partial charge in [-0.05, 0) is 6.92 Å². The van der Waals surface area contributed by atoms with Gasteiger partial charge < -0.3 is 5.11 Å². The lowest BCUT2D eigenvalue weighted by molar-refractivity contribution is 0.0685. The lowest BCUT2D eigenvalue weighted by Crippen LogP contribution is -2.13. The Morgan fingerprint density at radius 3 is 2.44 bits per heavy atom. The van der Waals surface area contributed by atoms with E-state index in [-0.39, 0.29) is 11.3 Å². The molecule has 0 saturated carbocycles. The van der Waals surface area contributed by atoms with Gasteiger partial charge in [-0.1, -0.05) is 30.3 Å². The molecular formula is C13H10N2O3. The highest BCUT2D eigenvalue weighted by molar-refractivity contribution is 6.13. The van der Waals surface area contributed by atoms with Crippen LogP contribution in [0.4, 0.5) is 0 Å². The van der Waals surface area contributed by atoms with Crippen molar-refractivity contribution in [1.29, 1.82) is 0 Å². The van der Waals surface area contributed by atoms with Gasteiger partial charge in [0, 0.05) is 11.8 Å². The lowest BCUT2D eigenvalue weighted by atomic mass is 10.0. The topological polar surface area (TPSA) is 80.2 Å². The maximum absolute atomic E-state index is 12.1. The molecule has 5 nitrogen and oxygen atoms in total. The Labute approximate surface area is 103 Å². The number of hydrogen-bond acceptors (Lipinski definition) is 4. The molecular weight excluding hydrogens is 232 g/mol. The van der Waals surface area contributed by atoms with Gasteiger partial charge in [0.15, 0.2) is 11.5 Å². The third-order valence-corrected chi connectivity index (χ3v) is 2.39. The van der Waals surface area contributed by atoms with Crippen LogP contribution in [0.3, 0.4) is 0 Å². The Balaban J connectivity index is 2.52. The number of carbonyl (C=O) groups excluding carboxylic acids is 1. The number of carboxylic acids is 1. The standard InChI is InChI=1S/C13H10N2O3/c1-8-14-7-10(11(15-8)13(17)18)12(16)9-5-3-2-4-6-9/h2-7H,1H3,(H,17,18). The molecule has 1 N–H and O–H groups in total. The number of aromatic carboxylic acids is 1. The van der Waals surface area contributed by atoms with Crippen molar-refractivity contribution in [3.8, 4) is 0 Å². The smallest absolute Gasteiger partial charge is 0.355 e. The maximum Gasteiger partial charge on any atom is 0.355 e. The van der Waals surface area contributed by atoms with Crippen LogP contribution in [0.5, 0.6) is 0 Å². The maximum atomic E-state index is 12.1. The van der Waals surface area contributed by atoms with Crippen LogP contribution >= 0.6 is 0 Å². The van der Waals surface area contributed by atoms with Gasteiger partial charge in [-0.2, -0.15) is 0 Å². The summed E-state index contributed by atoms with van der Waals surface area (Å²) >= 11 is 0. The summed E-state index contributed by atoms with van der Waals surface area (Å²) in [6, 6.07) is 8.44. The zero-order chi connectivity index (χ0) is 13.1. The first-order valence-electron chi connectivity index (χ1n) is 5.26. The van der Waals surface area contributed by atoms with Gasteiger partial charge in [0.2, 0.25) is 0 Å². The quantitative estimate of drug-likeness (QED) is 0.829. The fourth-order valence-corrected chi connectivity index (χ4v) is 1.54. The van der Waals surface area contributed by atoms with Crippen LogP contribution in [-0.2, 0) is 0 Å². The normalized spacial score (nSPS) is 10.1. The fraction of sp³-hybridized carbons (Fsp3) is 0.0769. The van der Waals surface area contributed by atoms with Crippen molar-refractivity contribution >= 4 is 11.8 Å². The second-order valence-corrected chi connectivity index (χ2v) is 3.68. The molecule has 0 aliphatic heterocycles. The van der Waals surface area contributed by atoms with E-state index in [1.165, 1.54) is 6.20 Å². The van der Waals surface area contributed by atoms with Gasteiger partial charge in [-0.25, -0.2) is 14.8 Å². The molecule has 0 radical (unpaired) electrons. The van der Waals surface area contributed by atoms with Crippen LogP contribution < -0.4 is 0 Å². The van der Waals surface area contributed by atoms with Crippen molar-refractivity contribution in [2.24, 2.45) is 0 Å². The molecule has 0 aliphatic carbocycles. The average Bonchev–Trinajstić information content (AvgIpc) is 2.39. The molecule has 0 unspecified atom stereocenters. The van der Waals surface area contributed by atoms with E-state index in [2.05, 4.69) is 9.97 Å². The number of benzene rings is 1. The molecule has 1 heterocycles. The van der Waals surface area contributed by atoms with E-state index in [4.69, 9.17) is 5.11 Å². The zero-order valence-electron chi connectivity index (χ0n) is 9.62. The second-order valence-electron chi connectivity index (χ2n) is 3.68. The van der Waals surface area contributed by atoms with Crippen molar-refractivity contribution < 1.29 is 14.7 Å². The summed E-state index contributed by atoms with van der Waals surface area (Å²) in [5.74, 6) is -1.32. The Kier molecular flexibility index (Phi) is 3.14. The zero-order valence-corrected chi connectivity index (χ0v) is 9.62. The molecule has 0 fully saturated rings. The summed E-state index contributed by atoms with van der Waals surface area (Å²) < 4.78 is 0. The fourth-order valence-electron chi connectivity index (χ4n) is 1.54. The van der Waals surface area contributed by atoms with Crippen LogP contribution in [-0.4, -0.2) is 26.8 Å². The minimum Gasteiger partial charge on any atom is -0.476 e. The first-order valence-corrected chi connectivity index (χ1v) is 5.26. The molecule has 5 heteroatoms. The highest BCUT2D eigenvalue weighted by Crippen LogP contribution is 2.12. The molecule has 1 aromatic carbocycles. The summed E-state index contributed by atoms with van der Waals surface area (Å²) in [5, 5.41) is 9.04. The molecule has 0 saturated heterocycles. The summed E-state index contributed by atoms with van der Waals surface area (Å²) in [6.07, 6.45) is 1.25. The van der Waals surface area contributed by atoms with Crippen molar-refractivity contribution in [1.82, 2.24) is 9.97 Å². The van der Waals surface area contributed by atoms with Crippen LogP contribution in [0.25, 0.3) is 0 Å². The molecule has 0 aliphatic rings. The van der Waals surface area contributed by atoms with Crippen LogP contribution in [0, 0.1) is 6.92 Å². The van der Waals surface area contributed by atoms with Gasteiger partial charge in [-0.15, -0.1) is 0 Å². The van der Waals surface area contributed by atoms with E-state index in [9.17, 15) is 9.59 Å². The minimum atomic E-state index is -1.24. The van der Waals surface area contributed by atoms with Gasteiger partial charge in [0.25, 0.3) is 0 Å². The van der Waals surface area contributed by atoms with Gasteiger partial charge in [0.1, 0.15) is 5.82 Å².